The van der Waals surface area contributed by atoms with E-state index in [-0.39, 0.29) is 66.0 Å². The lowest BCUT2D eigenvalue weighted by Crippen LogP contribution is -2.65. The molecule has 3 aliphatic rings. The number of Topliss-reactive ketones (excluding diaryl/α,β-unsaturated/α-hetero) is 2. The molecule has 1 saturated carbocycles. The van der Waals surface area contributed by atoms with Crippen molar-refractivity contribution in [1.29, 1.82) is 0 Å². The summed E-state index contributed by atoms with van der Waals surface area (Å²) in [7, 11) is 3.06. The molecule has 3 aliphatic carbocycles. The van der Waals surface area contributed by atoms with Crippen LogP contribution in [0.4, 0.5) is 5.69 Å². The zero-order valence-electron chi connectivity index (χ0n) is 23.2. The normalized spacial score (nSPS) is 24.8. The van der Waals surface area contributed by atoms with Crippen LogP contribution >= 0.6 is 36.4 Å². The highest BCUT2D eigenvalue weighted by molar-refractivity contribution is 6.34. The maximum absolute atomic E-state index is 13.9. The Balaban J connectivity index is 0.00000308. The number of aromatic hydroxyl groups is 1. The van der Waals surface area contributed by atoms with Gasteiger partial charge in [-0.15, -0.1) is 24.8 Å². The topological polar surface area (TPSA) is 203 Å². The Morgan fingerprint density at radius 2 is 1.83 bits per heavy atom. The molecule has 0 bridgehead atoms. The molecule has 1 aromatic rings. The number of rotatable bonds is 8. The van der Waals surface area contributed by atoms with Gasteiger partial charge in [0.25, 0.3) is 5.91 Å². The van der Waals surface area contributed by atoms with E-state index in [1.165, 1.54) is 25.1 Å². The Kier molecular flexibility index (Phi) is 11.1. The van der Waals surface area contributed by atoms with E-state index in [0.717, 1.165) is 12.8 Å². The lowest BCUT2D eigenvalue weighted by molar-refractivity contribution is -0.153. The Morgan fingerprint density at radius 1 is 1.19 bits per heavy atom. The van der Waals surface area contributed by atoms with Gasteiger partial charge in [0, 0.05) is 11.5 Å². The molecule has 0 saturated heterocycles. The second-order valence-corrected chi connectivity index (χ2v) is 11.1. The molecule has 0 radical (unpaired) electrons. The molecule has 0 aliphatic heterocycles. The predicted octanol–water partition coefficient (Wildman–Crippen LogP) is 1.79. The predicted molar refractivity (Wildman–Crippen MR) is 160 cm³/mol. The molecule has 232 valence electrons. The summed E-state index contributed by atoms with van der Waals surface area (Å²) >= 11 is 6.39. The summed E-state index contributed by atoms with van der Waals surface area (Å²) in [4.78, 5) is 52.9. The molecule has 2 amide bonds. The molecule has 42 heavy (non-hydrogen) atoms. The smallest absolute Gasteiger partial charge is 0.255 e. The number of likely N-dealkylation sites (N-methyl/N-ethyl adjacent to an activating group) is 1. The van der Waals surface area contributed by atoms with Gasteiger partial charge in [0.05, 0.1) is 23.2 Å². The fourth-order valence-electron chi connectivity index (χ4n) is 6.07. The number of halogens is 3. The van der Waals surface area contributed by atoms with Crippen LogP contribution in [0.15, 0.2) is 23.0 Å². The minimum Gasteiger partial charge on any atom is -0.508 e. The van der Waals surface area contributed by atoms with Gasteiger partial charge in [-0.05, 0) is 57.5 Å². The maximum Gasteiger partial charge on any atom is 0.255 e. The molecular weight excluding hydrogens is 615 g/mol. The number of benzene rings is 1. The van der Waals surface area contributed by atoms with Crippen molar-refractivity contribution in [3.63, 3.8) is 0 Å². The molecule has 15 heteroatoms. The van der Waals surface area contributed by atoms with Gasteiger partial charge in [-0.25, -0.2) is 0 Å². The van der Waals surface area contributed by atoms with Crippen molar-refractivity contribution in [3.05, 3.63) is 39.1 Å². The van der Waals surface area contributed by atoms with Gasteiger partial charge < -0.3 is 36.8 Å². The highest BCUT2D eigenvalue weighted by Gasteiger charge is 2.64. The molecule has 3 unspecified atom stereocenters. The first-order chi connectivity index (χ1) is 18.8. The van der Waals surface area contributed by atoms with Gasteiger partial charge in [0.1, 0.15) is 22.8 Å². The molecule has 1 aromatic carbocycles. The van der Waals surface area contributed by atoms with E-state index in [4.69, 9.17) is 17.3 Å². The second-order valence-electron chi connectivity index (χ2n) is 10.7. The number of aliphatic hydroxyl groups is 3. The fourth-order valence-corrected chi connectivity index (χ4v) is 6.34. The molecule has 4 rings (SSSR count). The SMILES string of the molecule is CCCCNCC(=O)Nc1c(Cl)cc2c(c1O)C(O)=C1C(=O)C3(O)C(O)=C(C(N)=O)C(=O)[C@@H](N(C)C)C3CC1C2.Cl.Cl. The van der Waals surface area contributed by atoms with E-state index in [9.17, 15) is 39.6 Å². The van der Waals surface area contributed by atoms with Gasteiger partial charge in [-0.2, -0.15) is 0 Å². The van der Waals surface area contributed by atoms with Gasteiger partial charge in [-0.3, -0.25) is 24.1 Å². The number of amides is 2. The first kappa shape index (κ1) is 35.3. The number of carbonyl (C=O) groups excluding carboxylic acids is 4. The van der Waals surface area contributed by atoms with E-state index >= 15 is 0 Å². The second kappa shape index (κ2) is 13.2. The van der Waals surface area contributed by atoms with E-state index in [2.05, 4.69) is 10.6 Å². The number of ketones is 2. The van der Waals surface area contributed by atoms with Crippen LogP contribution in [-0.4, -0.2) is 87.5 Å². The highest BCUT2D eigenvalue weighted by atomic mass is 35.5. The Labute approximate surface area is 259 Å². The minimum atomic E-state index is -2.73. The number of nitrogens with one attached hydrogen (secondary N) is 2. The summed E-state index contributed by atoms with van der Waals surface area (Å²) in [6.07, 6.45) is 1.87. The maximum atomic E-state index is 13.9. The van der Waals surface area contributed by atoms with Crippen molar-refractivity contribution >= 4 is 71.2 Å². The third kappa shape index (κ3) is 5.59. The molecule has 12 nitrogen and oxygen atoms in total. The van der Waals surface area contributed by atoms with E-state index in [1.54, 1.807) is 0 Å². The van der Waals surface area contributed by atoms with E-state index < -0.39 is 69.7 Å². The van der Waals surface area contributed by atoms with Gasteiger partial charge in [-0.1, -0.05) is 24.9 Å². The zero-order chi connectivity index (χ0) is 29.7. The third-order valence-electron chi connectivity index (χ3n) is 7.92. The quantitative estimate of drug-likeness (QED) is 0.124. The average molecular weight is 650 g/mol. The molecule has 0 heterocycles. The Hall–Kier alpha value is -2.87. The minimum absolute atomic E-state index is 0. The largest absolute Gasteiger partial charge is 0.508 e. The molecule has 1 fully saturated rings. The zero-order valence-corrected chi connectivity index (χ0v) is 25.6. The monoisotopic (exact) mass is 648 g/mol. The van der Waals surface area contributed by atoms with Crippen LogP contribution in [0.2, 0.25) is 5.02 Å². The number of nitrogens with zero attached hydrogens (tertiary/aromatic N) is 1. The van der Waals surface area contributed by atoms with Gasteiger partial charge in [0.15, 0.2) is 17.1 Å². The number of phenolic OH excluding ortho intramolecular Hbond substituents is 1. The number of carbonyl (C=O) groups is 4. The van der Waals surface area contributed by atoms with Crippen molar-refractivity contribution in [2.75, 3.05) is 32.5 Å². The van der Waals surface area contributed by atoms with Gasteiger partial charge in [0.2, 0.25) is 11.7 Å². The third-order valence-corrected chi connectivity index (χ3v) is 8.22. The van der Waals surface area contributed by atoms with Crippen molar-refractivity contribution in [2.45, 2.75) is 44.2 Å². The number of aliphatic hydroxyl groups excluding tert-OH is 2. The van der Waals surface area contributed by atoms with Crippen LogP contribution in [0, 0.1) is 11.8 Å². The van der Waals surface area contributed by atoms with Gasteiger partial charge >= 0.3 is 0 Å². The lowest BCUT2D eigenvalue weighted by atomic mass is 9.57. The molecule has 0 aromatic heterocycles. The number of anilines is 1. The number of phenols is 1. The molecule has 4 atom stereocenters. The number of hydrogen-bond donors (Lipinski definition) is 7. The number of unbranched alkanes of at least 4 members (excludes halogenated alkanes) is 1. The Morgan fingerprint density at radius 3 is 2.40 bits per heavy atom. The van der Waals surface area contributed by atoms with Crippen LogP contribution in [-0.2, 0) is 25.6 Å². The molecular formula is C27H35Cl3N4O8. The van der Waals surface area contributed by atoms with Crippen LogP contribution in [0.1, 0.15) is 37.3 Å². The van der Waals surface area contributed by atoms with Crippen LogP contribution in [0.3, 0.4) is 0 Å². The first-order valence-electron chi connectivity index (χ1n) is 13.0. The summed E-state index contributed by atoms with van der Waals surface area (Å²) < 4.78 is 0. The number of fused-ring (bicyclic) bond motifs is 3. The van der Waals surface area contributed by atoms with Crippen molar-refractivity contribution < 1.29 is 39.6 Å². The average Bonchev–Trinajstić information content (AvgIpc) is 2.86. The summed E-state index contributed by atoms with van der Waals surface area (Å²) in [5.74, 6) is -8.03. The highest BCUT2D eigenvalue weighted by Crippen LogP contribution is 2.54. The summed E-state index contributed by atoms with van der Waals surface area (Å²) in [6, 6.07) is 0.297. The van der Waals surface area contributed by atoms with Crippen molar-refractivity contribution in [3.8, 4) is 5.75 Å². The van der Waals surface area contributed by atoms with E-state index in [0.29, 0.717) is 12.1 Å². The van der Waals surface area contributed by atoms with Crippen molar-refractivity contribution in [1.82, 2.24) is 10.2 Å². The van der Waals surface area contributed by atoms with Crippen molar-refractivity contribution in [2.24, 2.45) is 17.6 Å². The molecule has 0 spiro atoms. The number of primary amides is 1. The standard InChI is InChI=1S/C27H33ClN4O8.2ClH/c1-4-5-6-30-10-15(33)31-19-14(28)9-12-7-11-8-13-20(32(2)3)23(36)18(26(29)39)25(38)27(13,40)24(37)17(11)21(34)16(12)22(19)35;;/h9,11,13,20,30,34-35,38,40H,4-8,10H2,1-3H3,(H2,29,39)(H,31,33);2*1H/t11?,13?,20-,27?;;/m0../s1. The number of nitrogens with two attached hydrogens (primary N) is 1. The van der Waals surface area contributed by atoms with Crippen LogP contribution < -0.4 is 16.4 Å². The van der Waals surface area contributed by atoms with Crippen LogP contribution in [0.5, 0.6) is 5.75 Å². The van der Waals surface area contributed by atoms with E-state index in [1.807, 2.05) is 6.92 Å². The number of hydrogen-bond acceptors (Lipinski definition) is 10. The van der Waals surface area contributed by atoms with Crippen LogP contribution in [0.25, 0.3) is 5.76 Å². The fraction of sp³-hybridized carbons (Fsp3) is 0.481. The first-order valence-corrected chi connectivity index (χ1v) is 13.3. The summed E-state index contributed by atoms with van der Waals surface area (Å²) in [5, 5.41) is 50.4. The Bertz CT molecular complexity index is 1380. The summed E-state index contributed by atoms with van der Waals surface area (Å²) in [5.41, 5.74) is 1.49. The summed E-state index contributed by atoms with van der Waals surface area (Å²) in [6.45, 7) is 2.58. The lowest BCUT2D eigenvalue weighted by Gasteiger charge is -2.50. The molecule has 8 N–H and O–H groups in total.